The summed E-state index contributed by atoms with van der Waals surface area (Å²) in [4.78, 5) is 34.6. The van der Waals surface area contributed by atoms with E-state index in [1.807, 2.05) is 30.3 Å². The fourth-order valence-corrected chi connectivity index (χ4v) is 1.81. The molecule has 0 bridgehead atoms. The van der Waals surface area contributed by atoms with Gasteiger partial charge in [-0.05, 0) is 12.0 Å². The summed E-state index contributed by atoms with van der Waals surface area (Å²) in [5.41, 5.74) is 0.823. The first-order valence-electron chi connectivity index (χ1n) is 5.63. The van der Waals surface area contributed by atoms with Crippen LogP contribution in [0.3, 0.4) is 0 Å². The van der Waals surface area contributed by atoms with E-state index in [1.54, 1.807) is 6.29 Å². The second-order valence-electron chi connectivity index (χ2n) is 3.98. The molecule has 2 rings (SSSR count). The van der Waals surface area contributed by atoms with Crippen LogP contribution in [0.1, 0.15) is 18.4 Å². The highest BCUT2D eigenvalue weighted by atomic mass is 16.6. The topological polar surface area (TPSA) is 63.7 Å². The molecule has 0 aliphatic carbocycles. The first-order valence-corrected chi connectivity index (χ1v) is 5.63. The Balaban J connectivity index is 1.95. The van der Waals surface area contributed by atoms with Crippen LogP contribution in [0.25, 0.3) is 0 Å². The van der Waals surface area contributed by atoms with Gasteiger partial charge in [0, 0.05) is 6.42 Å². The molecule has 1 aromatic rings. The van der Waals surface area contributed by atoms with Crippen molar-refractivity contribution in [2.45, 2.75) is 25.5 Å². The van der Waals surface area contributed by atoms with Crippen LogP contribution >= 0.6 is 0 Å². The van der Waals surface area contributed by atoms with Gasteiger partial charge < -0.3 is 4.74 Å². The van der Waals surface area contributed by atoms with Crippen molar-refractivity contribution in [2.75, 3.05) is 0 Å². The molecule has 18 heavy (non-hydrogen) atoms. The maximum Gasteiger partial charge on any atom is 0.417 e. The van der Waals surface area contributed by atoms with Crippen molar-refractivity contribution in [1.82, 2.24) is 4.90 Å². The summed E-state index contributed by atoms with van der Waals surface area (Å²) >= 11 is 0. The molecule has 1 aromatic carbocycles. The Morgan fingerprint density at radius 1 is 1.39 bits per heavy atom. The molecule has 0 spiro atoms. The molecule has 1 heterocycles. The average Bonchev–Trinajstić information content (AvgIpc) is 2.78. The molecule has 1 aliphatic rings. The van der Waals surface area contributed by atoms with Crippen molar-refractivity contribution in [3.8, 4) is 0 Å². The van der Waals surface area contributed by atoms with E-state index in [-0.39, 0.29) is 18.9 Å². The van der Waals surface area contributed by atoms with Gasteiger partial charge in [-0.3, -0.25) is 9.59 Å². The van der Waals surface area contributed by atoms with Crippen LogP contribution in [0.4, 0.5) is 4.79 Å². The van der Waals surface area contributed by atoms with E-state index in [9.17, 15) is 14.4 Å². The van der Waals surface area contributed by atoms with Gasteiger partial charge in [0.25, 0.3) is 0 Å². The monoisotopic (exact) mass is 246 g/mol. The zero-order chi connectivity index (χ0) is 13.0. The SMILES string of the molecule is O=[C]C1CCC(=O)N1C(=O)OCc1ccccc1. The van der Waals surface area contributed by atoms with Gasteiger partial charge >= 0.3 is 6.09 Å². The molecule has 5 nitrogen and oxygen atoms in total. The normalized spacial score (nSPS) is 18.8. The highest BCUT2D eigenvalue weighted by Crippen LogP contribution is 2.18. The third-order valence-corrected chi connectivity index (χ3v) is 2.75. The summed E-state index contributed by atoms with van der Waals surface area (Å²) in [5.74, 6) is -0.388. The average molecular weight is 246 g/mol. The second-order valence-corrected chi connectivity index (χ2v) is 3.98. The van der Waals surface area contributed by atoms with Crippen molar-refractivity contribution < 1.29 is 19.1 Å². The number of benzene rings is 1. The molecule has 2 amide bonds. The van der Waals surface area contributed by atoms with E-state index in [1.165, 1.54) is 0 Å². The number of imide groups is 1. The van der Waals surface area contributed by atoms with E-state index in [2.05, 4.69) is 0 Å². The summed E-state index contributed by atoms with van der Waals surface area (Å²) in [6.45, 7) is 0.0784. The van der Waals surface area contributed by atoms with Gasteiger partial charge in [-0.2, -0.15) is 0 Å². The third-order valence-electron chi connectivity index (χ3n) is 2.75. The van der Waals surface area contributed by atoms with Gasteiger partial charge in [0.1, 0.15) is 12.6 Å². The zero-order valence-electron chi connectivity index (χ0n) is 9.67. The molecule has 1 aliphatic heterocycles. The Morgan fingerprint density at radius 2 is 2.11 bits per heavy atom. The Morgan fingerprint density at radius 3 is 2.78 bits per heavy atom. The van der Waals surface area contributed by atoms with E-state index in [0.29, 0.717) is 6.42 Å². The van der Waals surface area contributed by atoms with Crippen LogP contribution in [-0.4, -0.2) is 29.2 Å². The molecular weight excluding hydrogens is 234 g/mol. The fraction of sp³-hybridized carbons (Fsp3) is 0.308. The molecule has 1 atom stereocenters. The van der Waals surface area contributed by atoms with Gasteiger partial charge in [-0.15, -0.1) is 0 Å². The molecule has 5 heteroatoms. The summed E-state index contributed by atoms with van der Waals surface area (Å²) in [7, 11) is 0. The lowest BCUT2D eigenvalue weighted by Crippen LogP contribution is -2.39. The van der Waals surface area contributed by atoms with Gasteiger partial charge in [0.2, 0.25) is 12.2 Å². The molecule has 1 radical (unpaired) electrons. The van der Waals surface area contributed by atoms with E-state index >= 15 is 0 Å². The van der Waals surface area contributed by atoms with Crippen LogP contribution in [0.15, 0.2) is 30.3 Å². The zero-order valence-corrected chi connectivity index (χ0v) is 9.67. The first-order chi connectivity index (χ1) is 8.72. The smallest absolute Gasteiger partial charge is 0.417 e. The fourth-order valence-electron chi connectivity index (χ4n) is 1.81. The lowest BCUT2D eigenvalue weighted by Gasteiger charge is -2.17. The van der Waals surface area contributed by atoms with Gasteiger partial charge in [0.05, 0.1) is 0 Å². The van der Waals surface area contributed by atoms with Gasteiger partial charge in [-0.25, -0.2) is 9.69 Å². The minimum Gasteiger partial charge on any atom is -0.444 e. The molecule has 1 saturated heterocycles. The second kappa shape index (κ2) is 5.44. The number of carbonyl (C=O) groups excluding carboxylic acids is 3. The Bertz CT molecular complexity index is 457. The number of likely N-dealkylation sites (tertiary alicyclic amines) is 1. The molecule has 1 fully saturated rings. The van der Waals surface area contributed by atoms with Crippen LogP contribution < -0.4 is 0 Å². The number of hydrogen-bond donors (Lipinski definition) is 0. The largest absolute Gasteiger partial charge is 0.444 e. The molecule has 0 saturated carbocycles. The highest BCUT2D eigenvalue weighted by molar-refractivity contribution is 5.97. The van der Waals surface area contributed by atoms with Crippen molar-refractivity contribution >= 4 is 18.3 Å². The summed E-state index contributed by atoms with van der Waals surface area (Å²) in [6, 6.07) is 8.32. The number of carbonyl (C=O) groups is 2. The Labute approximate surface area is 104 Å². The number of ether oxygens (including phenoxy) is 1. The molecule has 93 valence electrons. The molecule has 0 N–H and O–H groups in total. The van der Waals surface area contributed by atoms with Crippen LogP contribution in [-0.2, 0) is 20.9 Å². The van der Waals surface area contributed by atoms with E-state index in [4.69, 9.17) is 4.74 Å². The lowest BCUT2D eigenvalue weighted by atomic mass is 10.2. The van der Waals surface area contributed by atoms with Crippen molar-refractivity contribution in [3.05, 3.63) is 35.9 Å². The van der Waals surface area contributed by atoms with Crippen molar-refractivity contribution in [1.29, 1.82) is 0 Å². The minimum atomic E-state index is -0.805. The lowest BCUT2D eigenvalue weighted by molar-refractivity contribution is -0.126. The molecular formula is C13H12NO4. The maximum atomic E-state index is 11.7. The summed E-state index contributed by atoms with van der Waals surface area (Å²) < 4.78 is 5.00. The van der Waals surface area contributed by atoms with Crippen molar-refractivity contribution in [2.24, 2.45) is 0 Å². The quantitative estimate of drug-likeness (QED) is 0.809. The third kappa shape index (κ3) is 2.56. The predicted octanol–water partition coefficient (Wildman–Crippen LogP) is 1.42. The van der Waals surface area contributed by atoms with Crippen LogP contribution in [0, 0.1) is 0 Å². The molecule has 1 unspecified atom stereocenters. The van der Waals surface area contributed by atoms with E-state index in [0.717, 1.165) is 10.5 Å². The summed E-state index contributed by atoms with van der Waals surface area (Å²) in [6.07, 6.45) is 1.40. The van der Waals surface area contributed by atoms with Gasteiger partial charge in [0.15, 0.2) is 0 Å². The van der Waals surface area contributed by atoms with Gasteiger partial charge in [-0.1, -0.05) is 30.3 Å². The maximum absolute atomic E-state index is 11.7. The first kappa shape index (κ1) is 12.3. The molecule has 0 aromatic heterocycles. The highest BCUT2D eigenvalue weighted by Gasteiger charge is 2.37. The van der Waals surface area contributed by atoms with Crippen LogP contribution in [0.2, 0.25) is 0 Å². The van der Waals surface area contributed by atoms with Crippen molar-refractivity contribution in [3.63, 3.8) is 0 Å². The Hall–Kier alpha value is -2.17. The number of nitrogens with zero attached hydrogens (tertiary/aromatic N) is 1. The summed E-state index contributed by atoms with van der Waals surface area (Å²) in [5, 5.41) is 0. The van der Waals surface area contributed by atoms with Crippen LogP contribution in [0.5, 0.6) is 0 Å². The number of rotatable bonds is 3. The minimum absolute atomic E-state index is 0.0784. The standard InChI is InChI=1S/C13H12NO4/c15-8-11-6-7-12(16)14(11)13(17)18-9-10-4-2-1-3-5-10/h1-5,11H,6-7,9H2. The van der Waals surface area contributed by atoms with E-state index < -0.39 is 12.1 Å². The predicted molar refractivity (Wildman–Crippen MR) is 62.2 cm³/mol. The number of hydrogen-bond acceptors (Lipinski definition) is 4. The number of amides is 2. The Kier molecular flexibility index (Phi) is 3.72.